The molecule has 1 aromatic rings. The fraction of sp³-hybridized carbons (Fsp3) is 0.467. The number of likely N-dealkylation sites (N-methyl/N-ethyl adjacent to an activating group) is 1. The molecule has 0 aromatic heterocycles. The Morgan fingerprint density at radius 3 is 2.52 bits per heavy atom. The zero-order chi connectivity index (χ0) is 17.0. The number of nitrogens with zero attached hydrogens (tertiary/aromatic N) is 1. The standard InChI is InChI=1S/C15H19ClN2O4S/c1-18(13-7-9-23(21,22)10-13)15(20)14(19)17-8-6-11-2-4-12(16)5-3-11/h2-5,13H,6-10H2,1H3,(H,17,19). The van der Waals surface area contributed by atoms with Gasteiger partial charge in [-0.1, -0.05) is 23.7 Å². The van der Waals surface area contributed by atoms with Gasteiger partial charge in [0.2, 0.25) is 0 Å². The third kappa shape index (κ3) is 4.94. The molecule has 126 valence electrons. The number of carbonyl (C=O) groups is 2. The highest BCUT2D eigenvalue weighted by Gasteiger charge is 2.34. The minimum Gasteiger partial charge on any atom is -0.347 e. The molecule has 2 rings (SSSR count). The number of halogens is 1. The molecule has 1 saturated heterocycles. The highest BCUT2D eigenvalue weighted by molar-refractivity contribution is 7.91. The lowest BCUT2D eigenvalue weighted by atomic mass is 10.1. The molecule has 1 fully saturated rings. The van der Waals surface area contributed by atoms with Crippen molar-refractivity contribution >= 4 is 33.3 Å². The van der Waals surface area contributed by atoms with Crippen LogP contribution in [0.1, 0.15) is 12.0 Å². The van der Waals surface area contributed by atoms with Crippen LogP contribution < -0.4 is 5.32 Å². The summed E-state index contributed by atoms with van der Waals surface area (Å²) in [5, 5.41) is 3.20. The Morgan fingerprint density at radius 2 is 1.96 bits per heavy atom. The van der Waals surface area contributed by atoms with Crippen molar-refractivity contribution in [1.29, 1.82) is 0 Å². The monoisotopic (exact) mass is 358 g/mol. The van der Waals surface area contributed by atoms with Gasteiger partial charge in [0, 0.05) is 24.7 Å². The fourth-order valence-corrected chi connectivity index (χ4v) is 4.35. The predicted octanol–water partition coefficient (Wildman–Crippen LogP) is 0.644. The third-order valence-corrected chi connectivity index (χ3v) is 5.89. The molecule has 0 spiro atoms. The largest absolute Gasteiger partial charge is 0.347 e. The topological polar surface area (TPSA) is 83.6 Å². The molecule has 2 amide bonds. The van der Waals surface area contributed by atoms with E-state index < -0.39 is 27.7 Å². The molecule has 0 radical (unpaired) electrons. The number of nitrogens with one attached hydrogen (secondary N) is 1. The summed E-state index contributed by atoms with van der Waals surface area (Å²) in [6.07, 6.45) is 0.959. The van der Waals surface area contributed by atoms with E-state index in [4.69, 9.17) is 11.6 Å². The lowest BCUT2D eigenvalue weighted by Gasteiger charge is -2.22. The molecule has 6 nitrogen and oxygen atoms in total. The van der Waals surface area contributed by atoms with Crippen LogP contribution in [-0.2, 0) is 25.8 Å². The maximum absolute atomic E-state index is 12.0. The van der Waals surface area contributed by atoms with Crippen molar-refractivity contribution in [3.05, 3.63) is 34.9 Å². The molecule has 1 aliphatic heterocycles. The first-order valence-electron chi connectivity index (χ1n) is 7.28. The summed E-state index contributed by atoms with van der Waals surface area (Å²) in [5.74, 6) is -1.44. The Morgan fingerprint density at radius 1 is 1.30 bits per heavy atom. The summed E-state index contributed by atoms with van der Waals surface area (Å²) in [6.45, 7) is 0.322. The van der Waals surface area contributed by atoms with Gasteiger partial charge in [-0.3, -0.25) is 9.59 Å². The Kier molecular flexibility index (Phi) is 5.64. The molecule has 1 heterocycles. The molecule has 0 aliphatic carbocycles. The van der Waals surface area contributed by atoms with E-state index in [1.165, 1.54) is 11.9 Å². The number of hydrogen-bond donors (Lipinski definition) is 1. The van der Waals surface area contributed by atoms with Crippen molar-refractivity contribution in [2.75, 3.05) is 25.1 Å². The molecule has 1 unspecified atom stereocenters. The van der Waals surface area contributed by atoms with E-state index in [1.54, 1.807) is 12.1 Å². The predicted molar refractivity (Wildman–Crippen MR) is 88.0 cm³/mol. The zero-order valence-corrected chi connectivity index (χ0v) is 14.4. The summed E-state index contributed by atoms with van der Waals surface area (Å²) in [7, 11) is -1.63. The number of rotatable bonds is 4. The lowest BCUT2D eigenvalue weighted by molar-refractivity contribution is -0.146. The van der Waals surface area contributed by atoms with E-state index >= 15 is 0 Å². The highest BCUT2D eigenvalue weighted by atomic mass is 35.5. The van der Waals surface area contributed by atoms with Crippen LogP contribution in [0.4, 0.5) is 0 Å². The van der Waals surface area contributed by atoms with Crippen LogP contribution in [0, 0.1) is 0 Å². The summed E-state index contributed by atoms with van der Waals surface area (Å²) < 4.78 is 22.9. The fourth-order valence-electron chi connectivity index (χ4n) is 2.45. The average Bonchev–Trinajstić information content (AvgIpc) is 2.87. The SMILES string of the molecule is CN(C(=O)C(=O)NCCc1ccc(Cl)cc1)C1CCS(=O)(=O)C1. The molecule has 23 heavy (non-hydrogen) atoms. The molecule has 1 aliphatic rings. The van der Waals surface area contributed by atoms with Crippen molar-refractivity contribution in [2.24, 2.45) is 0 Å². The second-order valence-corrected chi connectivity index (χ2v) is 8.27. The lowest BCUT2D eigenvalue weighted by Crippen LogP contribution is -2.46. The molecule has 1 atom stereocenters. The molecular weight excluding hydrogens is 340 g/mol. The highest BCUT2D eigenvalue weighted by Crippen LogP contribution is 2.16. The number of hydrogen-bond acceptors (Lipinski definition) is 4. The van der Waals surface area contributed by atoms with Gasteiger partial charge in [-0.2, -0.15) is 0 Å². The van der Waals surface area contributed by atoms with Crippen LogP contribution in [0.3, 0.4) is 0 Å². The Labute approximate surface area is 140 Å². The van der Waals surface area contributed by atoms with Crippen LogP contribution >= 0.6 is 11.6 Å². The Balaban J connectivity index is 1.80. The van der Waals surface area contributed by atoms with Crippen LogP contribution in [-0.4, -0.2) is 56.3 Å². The number of amides is 2. The van der Waals surface area contributed by atoms with E-state index in [0.29, 0.717) is 24.4 Å². The van der Waals surface area contributed by atoms with Crippen molar-refractivity contribution < 1.29 is 18.0 Å². The number of sulfone groups is 1. The van der Waals surface area contributed by atoms with Gasteiger partial charge in [0.15, 0.2) is 9.84 Å². The smallest absolute Gasteiger partial charge is 0.311 e. The second-order valence-electron chi connectivity index (χ2n) is 5.61. The number of benzene rings is 1. The molecule has 0 saturated carbocycles. The minimum atomic E-state index is -3.09. The van der Waals surface area contributed by atoms with Crippen molar-refractivity contribution in [3.8, 4) is 0 Å². The van der Waals surface area contributed by atoms with Gasteiger partial charge < -0.3 is 10.2 Å². The van der Waals surface area contributed by atoms with Gasteiger partial charge in [-0.05, 0) is 30.5 Å². The average molecular weight is 359 g/mol. The first-order chi connectivity index (χ1) is 10.8. The normalized spacial score (nSPS) is 19.3. The first kappa shape index (κ1) is 17.7. The van der Waals surface area contributed by atoms with E-state index in [2.05, 4.69) is 5.32 Å². The van der Waals surface area contributed by atoms with E-state index in [1.807, 2.05) is 12.1 Å². The van der Waals surface area contributed by atoms with Crippen LogP contribution in [0.2, 0.25) is 5.02 Å². The molecule has 1 aromatic carbocycles. The zero-order valence-electron chi connectivity index (χ0n) is 12.8. The molecule has 8 heteroatoms. The third-order valence-electron chi connectivity index (χ3n) is 3.88. The van der Waals surface area contributed by atoms with E-state index in [-0.39, 0.29) is 11.5 Å². The summed E-state index contributed by atoms with van der Waals surface area (Å²) in [5.41, 5.74) is 0.998. The van der Waals surface area contributed by atoms with Gasteiger partial charge in [0.25, 0.3) is 0 Å². The van der Waals surface area contributed by atoms with Crippen molar-refractivity contribution in [2.45, 2.75) is 18.9 Å². The van der Waals surface area contributed by atoms with Crippen molar-refractivity contribution in [1.82, 2.24) is 10.2 Å². The van der Waals surface area contributed by atoms with Crippen molar-refractivity contribution in [3.63, 3.8) is 0 Å². The van der Waals surface area contributed by atoms with Gasteiger partial charge in [-0.25, -0.2) is 8.42 Å². The van der Waals surface area contributed by atoms with E-state index in [9.17, 15) is 18.0 Å². The second kappa shape index (κ2) is 7.31. The quantitative estimate of drug-likeness (QED) is 0.801. The Bertz CT molecular complexity index is 688. The van der Waals surface area contributed by atoms with Crippen LogP contribution in [0.5, 0.6) is 0 Å². The van der Waals surface area contributed by atoms with Crippen LogP contribution in [0.25, 0.3) is 0 Å². The molecule has 0 bridgehead atoms. The maximum atomic E-state index is 12.0. The van der Waals surface area contributed by atoms with Crippen LogP contribution in [0.15, 0.2) is 24.3 Å². The van der Waals surface area contributed by atoms with Gasteiger partial charge in [0.05, 0.1) is 11.5 Å². The molecular formula is C15H19ClN2O4S. The van der Waals surface area contributed by atoms with E-state index in [0.717, 1.165) is 5.56 Å². The number of carbonyl (C=O) groups excluding carboxylic acids is 2. The Hall–Kier alpha value is -1.60. The minimum absolute atomic E-state index is 0.0630. The summed E-state index contributed by atoms with van der Waals surface area (Å²) >= 11 is 5.79. The summed E-state index contributed by atoms with van der Waals surface area (Å²) in [4.78, 5) is 25.1. The van der Waals surface area contributed by atoms with Gasteiger partial charge >= 0.3 is 11.8 Å². The van der Waals surface area contributed by atoms with Gasteiger partial charge in [-0.15, -0.1) is 0 Å². The first-order valence-corrected chi connectivity index (χ1v) is 9.48. The molecule has 1 N–H and O–H groups in total. The summed E-state index contributed by atoms with van der Waals surface area (Å²) in [6, 6.07) is 6.81. The maximum Gasteiger partial charge on any atom is 0.311 e. The van der Waals surface area contributed by atoms with Gasteiger partial charge in [0.1, 0.15) is 0 Å².